The van der Waals surface area contributed by atoms with E-state index in [4.69, 9.17) is 10.9 Å². The Balaban J connectivity index is 2.40. The largest absolute Gasteiger partial charge is 0.340 e. The highest BCUT2D eigenvalue weighted by molar-refractivity contribution is 7.86. The Bertz CT molecular complexity index is 428. The van der Waals surface area contributed by atoms with Gasteiger partial charge in [0.05, 0.1) is 0 Å². The molecule has 0 atom stereocenters. The van der Waals surface area contributed by atoms with Crippen molar-refractivity contribution >= 4 is 16.1 Å². The third-order valence-electron chi connectivity index (χ3n) is 3.79. The van der Waals surface area contributed by atoms with Gasteiger partial charge in [0.15, 0.2) is 0 Å². The first-order valence-corrected chi connectivity index (χ1v) is 8.42. The van der Waals surface area contributed by atoms with E-state index in [9.17, 15) is 13.2 Å². The van der Waals surface area contributed by atoms with Gasteiger partial charge in [0.1, 0.15) is 0 Å². The zero-order chi connectivity index (χ0) is 15.4. The van der Waals surface area contributed by atoms with Gasteiger partial charge in [-0.2, -0.15) is 12.7 Å². The Morgan fingerprint density at radius 1 is 1.15 bits per heavy atom. The van der Waals surface area contributed by atoms with Crippen molar-refractivity contribution in [2.24, 2.45) is 16.3 Å². The van der Waals surface area contributed by atoms with Gasteiger partial charge in [0, 0.05) is 32.6 Å². The number of amides is 1. The molecule has 0 unspecified atom stereocenters. The van der Waals surface area contributed by atoms with Crippen LogP contribution in [0.1, 0.15) is 33.1 Å². The van der Waals surface area contributed by atoms with Crippen molar-refractivity contribution < 1.29 is 13.2 Å². The molecule has 0 radical (unpaired) electrons. The minimum absolute atomic E-state index is 0.0623. The van der Waals surface area contributed by atoms with Crippen LogP contribution < -0.4 is 10.9 Å². The van der Waals surface area contributed by atoms with Gasteiger partial charge >= 0.3 is 0 Å². The number of hydrogen-bond donors (Lipinski definition) is 2. The van der Waals surface area contributed by atoms with Crippen LogP contribution in [-0.2, 0) is 15.0 Å². The maximum Gasteiger partial charge on any atom is 0.277 e. The van der Waals surface area contributed by atoms with E-state index in [1.54, 1.807) is 4.90 Å². The molecule has 1 saturated heterocycles. The molecule has 0 aromatic rings. The summed E-state index contributed by atoms with van der Waals surface area (Å²) in [5.41, 5.74) is 5.61. The van der Waals surface area contributed by atoms with Crippen molar-refractivity contribution in [2.75, 3.05) is 32.7 Å². The molecule has 0 aromatic heterocycles. The van der Waals surface area contributed by atoms with Gasteiger partial charge in [-0.3, -0.25) is 4.79 Å². The zero-order valence-electron chi connectivity index (χ0n) is 12.3. The summed E-state index contributed by atoms with van der Waals surface area (Å²) >= 11 is 0. The summed E-state index contributed by atoms with van der Waals surface area (Å²) in [4.78, 5) is 13.8. The first-order valence-electron chi connectivity index (χ1n) is 6.91. The van der Waals surface area contributed by atoms with E-state index in [0.717, 1.165) is 12.8 Å². The van der Waals surface area contributed by atoms with Crippen LogP contribution in [0.4, 0.5) is 0 Å². The van der Waals surface area contributed by atoms with Gasteiger partial charge in [-0.25, -0.2) is 5.14 Å². The van der Waals surface area contributed by atoms with E-state index in [-0.39, 0.29) is 24.4 Å². The average molecular weight is 306 g/mol. The van der Waals surface area contributed by atoms with Crippen LogP contribution in [0.2, 0.25) is 0 Å². The van der Waals surface area contributed by atoms with Crippen molar-refractivity contribution in [3.8, 4) is 0 Å². The van der Waals surface area contributed by atoms with Crippen LogP contribution in [0.3, 0.4) is 0 Å². The van der Waals surface area contributed by atoms with E-state index in [2.05, 4.69) is 13.8 Å². The van der Waals surface area contributed by atoms with Crippen molar-refractivity contribution in [3.63, 3.8) is 0 Å². The lowest BCUT2D eigenvalue weighted by molar-refractivity contribution is -0.133. The first kappa shape index (κ1) is 17.4. The molecule has 1 fully saturated rings. The molecule has 0 bridgehead atoms. The lowest BCUT2D eigenvalue weighted by Gasteiger charge is -2.33. The molecule has 1 heterocycles. The van der Waals surface area contributed by atoms with Crippen LogP contribution in [0.15, 0.2) is 0 Å². The predicted molar refractivity (Wildman–Crippen MR) is 77.9 cm³/mol. The second-order valence-electron chi connectivity index (χ2n) is 6.03. The van der Waals surface area contributed by atoms with Gasteiger partial charge in [-0.05, 0) is 24.8 Å². The van der Waals surface area contributed by atoms with Gasteiger partial charge in [0.2, 0.25) is 5.91 Å². The van der Waals surface area contributed by atoms with Gasteiger partial charge in [-0.15, -0.1) is 0 Å². The number of nitrogens with zero attached hydrogens (tertiary/aromatic N) is 2. The maximum atomic E-state index is 12.1. The van der Waals surface area contributed by atoms with E-state index >= 15 is 0 Å². The van der Waals surface area contributed by atoms with Crippen LogP contribution in [0, 0.1) is 5.41 Å². The summed E-state index contributed by atoms with van der Waals surface area (Å²) in [7, 11) is -3.64. The molecule has 1 amide bonds. The van der Waals surface area contributed by atoms with Crippen LogP contribution in [-0.4, -0.2) is 56.3 Å². The smallest absolute Gasteiger partial charge is 0.277 e. The molecule has 7 nitrogen and oxygen atoms in total. The lowest BCUT2D eigenvalue weighted by atomic mass is 9.84. The predicted octanol–water partition coefficient (Wildman–Crippen LogP) is -0.511. The Labute approximate surface area is 121 Å². The van der Waals surface area contributed by atoms with Crippen molar-refractivity contribution in [1.29, 1.82) is 0 Å². The molecule has 1 rings (SSSR count). The fourth-order valence-electron chi connectivity index (χ4n) is 2.31. The highest BCUT2D eigenvalue weighted by Gasteiger charge is 2.27. The lowest BCUT2D eigenvalue weighted by Crippen LogP contribution is -2.52. The summed E-state index contributed by atoms with van der Waals surface area (Å²) in [5.74, 6) is 0.0733. The zero-order valence-corrected chi connectivity index (χ0v) is 13.2. The fourth-order valence-corrected chi connectivity index (χ4v) is 2.98. The first-order chi connectivity index (χ1) is 9.15. The Kier molecular flexibility index (Phi) is 5.93. The topological polar surface area (TPSA) is 110 Å². The Hall–Kier alpha value is -0.700. The molecular weight excluding hydrogens is 280 g/mol. The van der Waals surface area contributed by atoms with E-state index in [1.807, 2.05) is 0 Å². The number of carbonyl (C=O) groups is 1. The molecule has 8 heteroatoms. The summed E-state index contributed by atoms with van der Waals surface area (Å²) in [6.07, 6.45) is 2.15. The molecule has 0 spiro atoms. The summed E-state index contributed by atoms with van der Waals surface area (Å²) < 4.78 is 23.6. The van der Waals surface area contributed by atoms with Gasteiger partial charge in [0.25, 0.3) is 10.2 Å². The highest BCUT2D eigenvalue weighted by atomic mass is 32.2. The number of nitrogens with two attached hydrogens (primary N) is 2. The fraction of sp³-hybridized carbons (Fsp3) is 0.917. The second kappa shape index (κ2) is 6.84. The molecule has 1 aliphatic rings. The van der Waals surface area contributed by atoms with E-state index in [1.165, 1.54) is 4.31 Å². The van der Waals surface area contributed by atoms with Crippen LogP contribution in [0.25, 0.3) is 0 Å². The minimum atomic E-state index is -3.64. The van der Waals surface area contributed by atoms with Crippen molar-refractivity contribution in [3.05, 3.63) is 0 Å². The molecule has 0 aliphatic carbocycles. The number of hydrogen-bond acceptors (Lipinski definition) is 4. The van der Waals surface area contributed by atoms with Gasteiger partial charge in [-0.1, -0.05) is 13.8 Å². The van der Waals surface area contributed by atoms with E-state index < -0.39 is 10.2 Å². The van der Waals surface area contributed by atoms with Crippen molar-refractivity contribution in [1.82, 2.24) is 9.21 Å². The Morgan fingerprint density at radius 2 is 1.70 bits per heavy atom. The minimum Gasteiger partial charge on any atom is -0.340 e. The number of rotatable bonds is 6. The second-order valence-corrected chi connectivity index (χ2v) is 7.57. The van der Waals surface area contributed by atoms with E-state index in [0.29, 0.717) is 26.1 Å². The quantitative estimate of drug-likeness (QED) is 0.688. The normalized spacial score (nSPS) is 18.3. The molecule has 0 aromatic carbocycles. The third kappa shape index (κ3) is 5.35. The third-order valence-corrected chi connectivity index (χ3v) is 4.87. The Morgan fingerprint density at radius 3 is 2.15 bits per heavy atom. The summed E-state index contributed by atoms with van der Waals surface area (Å²) in [5, 5.41) is 5.06. The van der Waals surface area contributed by atoms with Crippen LogP contribution >= 0.6 is 0 Å². The average Bonchev–Trinajstić information content (AvgIpc) is 2.35. The van der Waals surface area contributed by atoms with Crippen molar-refractivity contribution in [2.45, 2.75) is 33.1 Å². The molecule has 20 heavy (non-hydrogen) atoms. The molecular formula is C12H26N4O3S. The molecule has 4 N–H and O–H groups in total. The SMILES string of the molecule is CC(C)(CCN)CCC(=O)N1CCN(S(N)(=O)=O)CC1. The molecule has 118 valence electrons. The standard InChI is InChI=1S/C12H26N4O3S/c1-12(2,5-6-13)4-3-11(17)15-7-9-16(10-8-15)20(14,18)19/h3-10,13H2,1-2H3,(H2,14,18,19). The summed E-state index contributed by atoms with van der Waals surface area (Å²) in [6, 6.07) is 0. The highest BCUT2D eigenvalue weighted by Crippen LogP contribution is 2.26. The molecule has 1 aliphatic heterocycles. The number of piperazine rings is 1. The monoisotopic (exact) mass is 306 g/mol. The number of carbonyl (C=O) groups excluding carboxylic acids is 1. The van der Waals surface area contributed by atoms with Crippen LogP contribution in [0.5, 0.6) is 0 Å². The summed E-state index contributed by atoms with van der Waals surface area (Å²) in [6.45, 7) is 6.19. The van der Waals surface area contributed by atoms with Gasteiger partial charge < -0.3 is 10.6 Å². The molecule has 0 saturated carbocycles. The maximum absolute atomic E-state index is 12.1.